The first-order valence-corrected chi connectivity index (χ1v) is 4.71. The van der Waals surface area contributed by atoms with Crippen LogP contribution >= 0.6 is 11.6 Å². The molecule has 0 saturated carbocycles. The summed E-state index contributed by atoms with van der Waals surface area (Å²) < 4.78 is 9.25. The zero-order chi connectivity index (χ0) is 12.3. The molecule has 0 radical (unpaired) electrons. The van der Waals surface area contributed by atoms with Crippen molar-refractivity contribution in [3.05, 3.63) is 22.7 Å². The zero-order valence-electron chi connectivity index (χ0n) is 8.73. The van der Waals surface area contributed by atoms with Crippen molar-refractivity contribution in [3.63, 3.8) is 0 Å². The Morgan fingerprint density at radius 2 is 2.06 bits per heavy atom. The number of aromatic hydroxyl groups is 1. The minimum atomic E-state index is -1.57. The summed E-state index contributed by atoms with van der Waals surface area (Å²) in [5.41, 5.74) is -0.0203. The largest absolute Gasteiger partial charge is 0.507 e. The molecule has 1 aromatic carbocycles. The van der Waals surface area contributed by atoms with Gasteiger partial charge in [0.2, 0.25) is 0 Å². The molecule has 0 heterocycles. The summed E-state index contributed by atoms with van der Waals surface area (Å²) in [4.78, 5) is 11.1. The molecule has 6 heteroatoms. The van der Waals surface area contributed by atoms with E-state index in [-0.39, 0.29) is 22.1 Å². The van der Waals surface area contributed by atoms with Crippen LogP contribution in [0.1, 0.15) is 11.7 Å². The lowest BCUT2D eigenvalue weighted by molar-refractivity contribution is -0.150. The van der Waals surface area contributed by atoms with Crippen LogP contribution in [0.15, 0.2) is 12.1 Å². The molecular weight excluding hydrogens is 236 g/mol. The maximum absolute atomic E-state index is 11.1. The van der Waals surface area contributed by atoms with Crippen LogP contribution in [-0.4, -0.2) is 30.4 Å². The second-order valence-electron chi connectivity index (χ2n) is 2.97. The van der Waals surface area contributed by atoms with Gasteiger partial charge in [-0.15, -0.1) is 0 Å². The molecule has 0 saturated heterocycles. The molecule has 0 amide bonds. The van der Waals surface area contributed by atoms with Crippen molar-refractivity contribution in [2.45, 2.75) is 6.10 Å². The van der Waals surface area contributed by atoms with E-state index in [0.717, 1.165) is 7.11 Å². The highest BCUT2D eigenvalue weighted by Crippen LogP contribution is 2.35. The van der Waals surface area contributed by atoms with Crippen LogP contribution in [0.4, 0.5) is 0 Å². The Bertz CT molecular complexity index is 404. The molecule has 2 N–H and O–H groups in total. The van der Waals surface area contributed by atoms with E-state index in [2.05, 4.69) is 4.74 Å². The lowest BCUT2D eigenvalue weighted by Crippen LogP contribution is -2.13. The molecule has 0 spiro atoms. The fourth-order valence-electron chi connectivity index (χ4n) is 1.17. The van der Waals surface area contributed by atoms with Gasteiger partial charge in [0.15, 0.2) is 6.10 Å². The molecule has 1 atom stereocenters. The highest BCUT2D eigenvalue weighted by atomic mass is 35.5. The Balaban J connectivity index is 3.18. The fourth-order valence-corrected chi connectivity index (χ4v) is 1.41. The molecule has 0 aliphatic rings. The van der Waals surface area contributed by atoms with Crippen molar-refractivity contribution in [2.75, 3.05) is 14.2 Å². The van der Waals surface area contributed by atoms with E-state index in [1.54, 1.807) is 0 Å². The number of rotatable bonds is 3. The van der Waals surface area contributed by atoms with Gasteiger partial charge in [0.05, 0.1) is 19.2 Å². The number of aliphatic hydroxyl groups excluding tert-OH is 1. The average molecular weight is 247 g/mol. The van der Waals surface area contributed by atoms with E-state index in [1.807, 2.05) is 0 Å². The third-order valence-electron chi connectivity index (χ3n) is 2.02. The number of phenolic OH excluding ortho intramolecular Hbond substituents is 1. The Hall–Kier alpha value is -1.46. The first-order valence-electron chi connectivity index (χ1n) is 4.33. The number of aliphatic hydroxyl groups is 1. The van der Waals surface area contributed by atoms with E-state index >= 15 is 0 Å². The third kappa shape index (κ3) is 2.37. The highest BCUT2D eigenvalue weighted by molar-refractivity contribution is 6.32. The Morgan fingerprint density at radius 3 is 2.56 bits per heavy atom. The normalized spacial score (nSPS) is 12.0. The van der Waals surface area contributed by atoms with Gasteiger partial charge in [-0.1, -0.05) is 11.6 Å². The molecule has 0 bridgehead atoms. The topological polar surface area (TPSA) is 76.0 Å². The van der Waals surface area contributed by atoms with Gasteiger partial charge in [-0.3, -0.25) is 0 Å². The third-order valence-corrected chi connectivity index (χ3v) is 2.32. The molecule has 1 unspecified atom stereocenters. The van der Waals surface area contributed by atoms with Crippen LogP contribution in [0.3, 0.4) is 0 Å². The smallest absolute Gasteiger partial charge is 0.339 e. The van der Waals surface area contributed by atoms with Gasteiger partial charge < -0.3 is 19.7 Å². The number of hydrogen-bond acceptors (Lipinski definition) is 5. The molecule has 0 aliphatic heterocycles. The molecule has 1 aromatic rings. The van der Waals surface area contributed by atoms with Crippen molar-refractivity contribution >= 4 is 17.6 Å². The molecular formula is C10H11ClO5. The summed E-state index contributed by atoms with van der Waals surface area (Å²) in [5, 5.41) is 19.2. The van der Waals surface area contributed by atoms with Crippen molar-refractivity contribution in [3.8, 4) is 11.5 Å². The Labute approximate surface area is 97.2 Å². The van der Waals surface area contributed by atoms with Crippen LogP contribution < -0.4 is 4.74 Å². The summed E-state index contributed by atoms with van der Waals surface area (Å²) >= 11 is 5.74. The quantitative estimate of drug-likeness (QED) is 0.786. The van der Waals surface area contributed by atoms with Crippen LogP contribution in [0.2, 0.25) is 5.02 Å². The second-order valence-corrected chi connectivity index (χ2v) is 3.38. The summed E-state index contributed by atoms with van der Waals surface area (Å²) in [6.07, 6.45) is -1.57. The van der Waals surface area contributed by atoms with Crippen molar-refractivity contribution in [1.29, 1.82) is 0 Å². The van der Waals surface area contributed by atoms with Gasteiger partial charge in [0.1, 0.15) is 11.5 Å². The number of phenols is 1. The van der Waals surface area contributed by atoms with Gasteiger partial charge in [0, 0.05) is 11.6 Å². The molecule has 1 rings (SSSR count). The second kappa shape index (κ2) is 5.05. The number of esters is 1. The van der Waals surface area contributed by atoms with Crippen LogP contribution in [-0.2, 0) is 9.53 Å². The molecule has 0 fully saturated rings. The van der Waals surface area contributed by atoms with Crippen LogP contribution in [0.5, 0.6) is 11.5 Å². The lowest BCUT2D eigenvalue weighted by Gasteiger charge is -2.12. The number of halogens is 1. The first kappa shape index (κ1) is 12.6. The van der Waals surface area contributed by atoms with E-state index in [9.17, 15) is 15.0 Å². The summed E-state index contributed by atoms with van der Waals surface area (Å²) in [6.45, 7) is 0. The number of methoxy groups -OCH3 is 2. The maximum atomic E-state index is 11.1. The zero-order valence-corrected chi connectivity index (χ0v) is 9.49. The first-order chi connectivity index (χ1) is 7.51. The van der Waals surface area contributed by atoms with E-state index < -0.39 is 12.1 Å². The number of carbonyl (C=O) groups excluding carboxylic acids is 1. The Morgan fingerprint density at radius 1 is 1.44 bits per heavy atom. The summed E-state index contributed by atoms with van der Waals surface area (Å²) in [6, 6.07) is 2.46. The Kier molecular flexibility index (Phi) is 3.98. The maximum Gasteiger partial charge on any atom is 0.339 e. The highest BCUT2D eigenvalue weighted by Gasteiger charge is 2.23. The predicted octanol–water partition coefficient (Wildman–Crippen LogP) is 1.26. The van der Waals surface area contributed by atoms with Gasteiger partial charge in [0.25, 0.3) is 0 Å². The molecule has 5 nitrogen and oxygen atoms in total. The average Bonchev–Trinajstić information content (AvgIpc) is 2.27. The minimum Gasteiger partial charge on any atom is -0.507 e. The predicted molar refractivity (Wildman–Crippen MR) is 56.6 cm³/mol. The monoisotopic (exact) mass is 246 g/mol. The molecule has 0 aliphatic carbocycles. The fraction of sp³-hybridized carbons (Fsp3) is 0.300. The SMILES string of the molecule is COC(=O)C(O)c1cc(OC)c(Cl)cc1O. The van der Waals surface area contributed by atoms with Gasteiger partial charge >= 0.3 is 5.97 Å². The van der Waals surface area contributed by atoms with Crippen molar-refractivity contribution < 1.29 is 24.5 Å². The van der Waals surface area contributed by atoms with Crippen LogP contribution in [0, 0.1) is 0 Å². The van der Waals surface area contributed by atoms with E-state index in [4.69, 9.17) is 16.3 Å². The number of carbonyl (C=O) groups is 1. The van der Waals surface area contributed by atoms with Crippen molar-refractivity contribution in [2.24, 2.45) is 0 Å². The number of hydrogen-bond donors (Lipinski definition) is 2. The minimum absolute atomic E-state index is 0.0203. The summed E-state index contributed by atoms with van der Waals surface area (Å²) in [5.74, 6) is -0.930. The molecule has 16 heavy (non-hydrogen) atoms. The van der Waals surface area contributed by atoms with Gasteiger partial charge in [-0.05, 0) is 6.07 Å². The van der Waals surface area contributed by atoms with E-state index in [1.165, 1.54) is 19.2 Å². The van der Waals surface area contributed by atoms with E-state index in [0.29, 0.717) is 0 Å². The van der Waals surface area contributed by atoms with Crippen molar-refractivity contribution in [1.82, 2.24) is 0 Å². The number of ether oxygens (including phenoxy) is 2. The standard InChI is InChI=1S/C10H11ClO5/c1-15-8-3-5(7(12)4-6(8)11)9(13)10(14)16-2/h3-4,9,12-13H,1-2H3. The van der Waals surface area contributed by atoms with Gasteiger partial charge in [-0.2, -0.15) is 0 Å². The van der Waals surface area contributed by atoms with Gasteiger partial charge in [-0.25, -0.2) is 4.79 Å². The lowest BCUT2D eigenvalue weighted by atomic mass is 10.1. The molecule has 88 valence electrons. The number of benzene rings is 1. The van der Waals surface area contributed by atoms with Crippen LogP contribution in [0.25, 0.3) is 0 Å². The molecule has 0 aromatic heterocycles. The summed E-state index contributed by atoms with van der Waals surface area (Å²) in [7, 11) is 2.52.